The summed E-state index contributed by atoms with van der Waals surface area (Å²) >= 11 is 5.39. The number of nitrogens with one attached hydrogen (secondary N) is 1. The lowest BCUT2D eigenvalue weighted by Crippen LogP contribution is -2.07. The van der Waals surface area contributed by atoms with E-state index in [9.17, 15) is 0 Å². The highest BCUT2D eigenvalue weighted by atomic mass is 79.9. The van der Waals surface area contributed by atoms with Crippen molar-refractivity contribution in [3.05, 3.63) is 34.1 Å². The van der Waals surface area contributed by atoms with Crippen LogP contribution in [0.5, 0.6) is 0 Å². The first-order chi connectivity index (χ1) is 9.29. The Morgan fingerprint density at radius 2 is 2.26 bits per heavy atom. The quantitative estimate of drug-likeness (QED) is 0.929. The van der Waals surface area contributed by atoms with Crippen molar-refractivity contribution in [2.24, 2.45) is 0 Å². The number of rotatable bonds is 3. The Morgan fingerprint density at radius 1 is 1.37 bits per heavy atom. The summed E-state index contributed by atoms with van der Waals surface area (Å²) < 4.78 is 0.919. The standard InChI is InChI=1S/C13H13BrN4S/c1-2-15-12-8-6-19-7-10(8)17-13(18-12)11-9(14)4-3-5-16-11/h3-5H,2,6-7H2,1H3,(H,15,17,18). The van der Waals surface area contributed by atoms with Gasteiger partial charge in [0, 0.05) is 34.3 Å². The molecule has 1 N–H and O–H groups in total. The molecule has 1 aliphatic heterocycles. The molecule has 3 rings (SSSR count). The first-order valence-corrected chi connectivity index (χ1v) is 8.06. The van der Waals surface area contributed by atoms with Crippen LogP contribution in [0.4, 0.5) is 5.82 Å². The van der Waals surface area contributed by atoms with Crippen LogP contribution in [0.1, 0.15) is 18.2 Å². The predicted molar refractivity (Wildman–Crippen MR) is 82.1 cm³/mol. The maximum atomic E-state index is 4.66. The van der Waals surface area contributed by atoms with E-state index in [1.807, 2.05) is 23.9 Å². The zero-order valence-electron chi connectivity index (χ0n) is 10.5. The van der Waals surface area contributed by atoms with E-state index in [2.05, 4.69) is 43.1 Å². The molecule has 0 radical (unpaired) electrons. The molecule has 4 nitrogen and oxygen atoms in total. The van der Waals surface area contributed by atoms with Crippen molar-refractivity contribution in [2.75, 3.05) is 11.9 Å². The molecule has 0 spiro atoms. The molecular formula is C13H13BrN4S. The third kappa shape index (κ3) is 2.47. The number of thioether (sulfide) groups is 1. The molecule has 0 aliphatic carbocycles. The second-order valence-corrected chi connectivity index (χ2v) is 6.02. The van der Waals surface area contributed by atoms with E-state index >= 15 is 0 Å². The molecule has 3 heterocycles. The van der Waals surface area contributed by atoms with Crippen LogP contribution in [0.25, 0.3) is 11.5 Å². The van der Waals surface area contributed by atoms with Gasteiger partial charge in [-0.3, -0.25) is 4.98 Å². The van der Waals surface area contributed by atoms with E-state index in [0.717, 1.165) is 39.7 Å². The van der Waals surface area contributed by atoms with Gasteiger partial charge in [-0.25, -0.2) is 9.97 Å². The fourth-order valence-electron chi connectivity index (χ4n) is 2.02. The monoisotopic (exact) mass is 336 g/mol. The molecule has 1 aliphatic rings. The molecule has 19 heavy (non-hydrogen) atoms. The second kappa shape index (κ2) is 5.46. The van der Waals surface area contributed by atoms with Crippen LogP contribution in [0.3, 0.4) is 0 Å². The Balaban J connectivity index is 2.13. The fourth-order valence-corrected chi connectivity index (χ4v) is 3.49. The molecule has 0 saturated carbocycles. The number of aromatic nitrogens is 3. The van der Waals surface area contributed by atoms with Crippen LogP contribution in [-0.4, -0.2) is 21.5 Å². The summed E-state index contributed by atoms with van der Waals surface area (Å²) in [5.74, 6) is 3.57. The summed E-state index contributed by atoms with van der Waals surface area (Å²) in [5.41, 5.74) is 3.16. The van der Waals surface area contributed by atoms with E-state index in [0.29, 0.717) is 5.82 Å². The van der Waals surface area contributed by atoms with Gasteiger partial charge < -0.3 is 5.32 Å². The third-order valence-electron chi connectivity index (χ3n) is 2.89. The summed E-state index contributed by atoms with van der Waals surface area (Å²) in [6.07, 6.45) is 1.76. The van der Waals surface area contributed by atoms with Gasteiger partial charge in [0.2, 0.25) is 0 Å². The van der Waals surface area contributed by atoms with Gasteiger partial charge in [0.05, 0.1) is 5.69 Å². The van der Waals surface area contributed by atoms with Crippen LogP contribution in [0, 0.1) is 0 Å². The molecular weight excluding hydrogens is 324 g/mol. The highest BCUT2D eigenvalue weighted by Gasteiger charge is 2.21. The van der Waals surface area contributed by atoms with Gasteiger partial charge in [-0.2, -0.15) is 11.8 Å². The number of nitrogens with zero attached hydrogens (tertiary/aromatic N) is 3. The molecule has 0 fully saturated rings. The first kappa shape index (κ1) is 12.9. The molecule has 2 aromatic rings. The maximum Gasteiger partial charge on any atom is 0.181 e. The van der Waals surface area contributed by atoms with Crippen molar-refractivity contribution in [3.63, 3.8) is 0 Å². The van der Waals surface area contributed by atoms with E-state index in [1.165, 1.54) is 5.56 Å². The molecule has 0 amide bonds. The molecule has 0 atom stereocenters. The van der Waals surface area contributed by atoms with Crippen LogP contribution in [-0.2, 0) is 11.5 Å². The van der Waals surface area contributed by atoms with Crippen LogP contribution in [0.15, 0.2) is 22.8 Å². The van der Waals surface area contributed by atoms with Gasteiger partial charge in [0.15, 0.2) is 5.82 Å². The number of hydrogen-bond donors (Lipinski definition) is 1. The summed E-state index contributed by atoms with van der Waals surface area (Å²) in [5, 5.41) is 3.33. The Morgan fingerprint density at radius 3 is 3.05 bits per heavy atom. The summed E-state index contributed by atoms with van der Waals surface area (Å²) in [6, 6.07) is 3.85. The third-order valence-corrected chi connectivity index (χ3v) is 4.50. The summed E-state index contributed by atoms with van der Waals surface area (Å²) in [6.45, 7) is 2.93. The molecule has 0 saturated heterocycles. The number of halogens is 1. The van der Waals surface area contributed by atoms with E-state index in [-0.39, 0.29) is 0 Å². The van der Waals surface area contributed by atoms with Crippen molar-refractivity contribution in [3.8, 4) is 11.5 Å². The van der Waals surface area contributed by atoms with Crippen LogP contribution in [0.2, 0.25) is 0 Å². The molecule has 0 aromatic carbocycles. The Hall–Kier alpha value is -1.14. The molecule has 0 bridgehead atoms. The van der Waals surface area contributed by atoms with E-state index < -0.39 is 0 Å². The SMILES string of the molecule is CCNc1nc(-c2ncccc2Br)nc2c1CSC2. The van der Waals surface area contributed by atoms with Gasteiger partial charge in [0.25, 0.3) is 0 Å². The molecule has 6 heteroatoms. The Kier molecular flexibility index (Phi) is 3.70. The largest absolute Gasteiger partial charge is 0.370 e. The highest BCUT2D eigenvalue weighted by molar-refractivity contribution is 9.10. The van der Waals surface area contributed by atoms with Crippen molar-refractivity contribution >= 4 is 33.5 Å². The minimum Gasteiger partial charge on any atom is -0.370 e. The lowest BCUT2D eigenvalue weighted by molar-refractivity contribution is 1.03. The lowest BCUT2D eigenvalue weighted by atomic mass is 10.2. The highest BCUT2D eigenvalue weighted by Crippen LogP contribution is 2.35. The molecule has 98 valence electrons. The van der Waals surface area contributed by atoms with Gasteiger partial charge in [-0.1, -0.05) is 0 Å². The predicted octanol–water partition coefficient (Wildman–Crippen LogP) is 3.48. The zero-order valence-corrected chi connectivity index (χ0v) is 12.9. The average molecular weight is 337 g/mol. The Bertz CT molecular complexity index is 618. The van der Waals surface area contributed by atoms with Crippen molar-refractivity contribution < 1.29 is 0 Å². The Labute approximate surface area is 124 Å². The second-order valence-electron chi connectivity index (χ2n) is 4.18. The maximum absolute atomic E-state index is 4.66. The van der Waals surface area contributed by atoms with Crippen LogP contribution < -0.4 is 5.32 Å². The summed E-state index contributed by atoms with van der Waals surface area (Å²) in [4.78, 5) is 13.7. The fraction of sp³-hybridized carbons (Fsp3) is 0.308. The zero-order chi connectivity index (χ0) is 13.2. The average Bonchev–Trinajstić information content (AvgIpc) is 2.88. The van der Waals surface area contributed by atoms with E-state index in [4.69, 9.17) is 0 Å². The topological polar surface area (TPSA) is 50.7 Å². The summed E-state index contributed by atoms with van der Waals surface area (Å²) in [7, 11) is 0. The van der Waals surface area contributed by atoms with Gasteiger partial charge in [-0.15, -0.1) is 0 Å². The van der Waals surface area contributed by atoms with Gasteiger partial charge in [-0.05, 0) is 35.0 Å². The first-order valence-electron chi connectivity index (χ1n) is 6.12. The smallest absolute Gasteiger partial charge is 0.181 e. The minimum atomic E-state index is 0.685. The van der Waals surface area contributed by atoms with Crippen molar-refractivity contribution in [1.82, 2.24) is 15.0 Å². The van der Waals surface area contributed by atoms with Crippen LogP contribution >= 0.6 is 27.7 Å². The van der Waals surface area contributed by atoms with E-state index in [1.54, 1.807) is 6.20 Å². The number of fused-ring (bicyclic) bond motifs is 1. The minimum absolute atomic E-state index is 0.685. The normalized spacial score (nSPS) is 13.4. The number of hydrogen-bond acceptors (Lipinski definition) is 5. The van der Waals surface area contributed by atoms with Gasteiger partial charge >= 0.3 is 0 Å². The van der Waals surface area contributed by atoms with Crippen molar-refractivity contribution in [2.45, 2.75) is 18.4 Å². The lowest BCUT2D eigenvalue weighted by Gasteiger charge is -2.10. The number of pyridine rings is 1. The van der Waals surface area contributed by atoms with Gasteiger partial charge in [0.1, 0.15) is 11.5 Å². The number of anilines is 1. The molecule has 2 aromatic heterocycles. The molecule has 0 unspecified atom stereocenters. The van der Waals surface area contributed by atoms with Crippen molar-refractivity contribution in [1.29, 1.82) is 0 Å².